The predicted octanol–water partition coefficient (Wildman–Crippen LogP) is 5.02. The number of hydrogen-bond acceptors (Lipinski definition) is 3. The fourth-order valence-corrected chi connectivity index (χ4v) is 4.10. The molecular formula is C25H23FN2O3. The van der Waals surface area contributed by atoms with Gasteiger partial charge in [-0.1, -0.05) is 6.42 Å². The molecule has 5 rings (SSSR count). The van der Waals surface area contributed by atoms with E-state index >= 15 is 0 Å². The number of amides is 2. The normalized spacial score (nSPS) is 15.8. The van der Waals surface area contributed by atoms with Gasteiger partial charge in [0.15, 0.2) is 0 Å². The molecule has 1 N–H and O–H groups in total. The molecule has 1 aliphatic heterocycles. The Kier molecular flexibility index (Phi) is 5.06. The average molecular weight is 418 g/mol. The Morgan fingerprint density at radius 2 is 1.77 bits per heavy atom. The summed E-state index contributed by atoms with van der Waals surface area (Å²) in [4.78, 5) is 26.8. The zero-order chi connectivity index (χ0) is 21.4. The number of hydrogen-bond donors (Lipinski definition) is 1. The largest absolute Gasteiger partial charge is 0.461 e. The molecule has 6 heteroatoms. The topological polar surface area (TPSA) is 62.6 Å². The summed E-state index contributed by atoms with van der Waals surface area (Å²) in [7, 11) is 0. The maximum absolute atomic E-state index is 13.0. The summed E-state index contributed by atoms with van der Waals surface area (Å²) in [6.45, 7) is 1.32. The number of carbonyl (C=O) groups excluding carboxylic acids is 2. The van der Waals surface area contributed by atoms with Crippen LogP contribution in [0.25, 0.3) is 11.3 Å². The third-order valence-electron chi connectivity index (χ3n) is 6.17. The van der Waals surface area contributed by atoms with E-state index in [1.54, 1.807) is 0 Å². The van der Waals surface area contributed by atoms with Crippen molar-refractivity contribution >= 4 is 17.5 Å². The number of nitrogens with one attached hydrogen (secondary N) is 1. The number of carbonyl (C=O) groups is 2. The second-order valence-corrected chi connectivity index (χ2v) is 8.24. The maximum atomic E-state index is 13.0. The van der Waals surface area contributed by atoms with Crippen LogP contribution in [-0.2, 0) is 17.8 Å². The molecule has 1 aromatic heterocycles. The average Bonchev–Trinajstić information content (AvgIpc) is 3.17. The Morgan fingerprint density at radius 1 is 1.03 bits per heavy atom. The van der Waals surface area contributed by atoms with Crippen molar-refractivity contribution in [3.05, 3.63) is 77.3 Å². The highest BCUT2D eigenvalue weighted by Crippen LogP contribution is 2.33. The van der Waals surface area contributed by atoms with E-state index in [0.717, 1.165) is 48.3 Å². The van der Waals surface area contributed by atoms with Gasteiger partial charge in [0.2, 0.25) is 5.91 Å². The lowest BCUT2D eigenvalue weighted by molar-refractivity contribution is -0.139. The van der Waals surface area contributed by atoms with E-state index in [1.807, 2.05) is 35.2 Å². The Bertz CT molecular complexity index is 1110. The summed E-state index contributed by atoms with van der Waals surface area (Å²) in [5.41, 5.74) is 3.02. The summed E-state index contributed by atoms with van der Waals surface area (Å²) in [5.74, 6) is 1.53. The third-order valence-corrected chi connectivity index (χ3v) is 6.17. The molecule has 1 aliphatic carbocycles. The second-order valence-electron chi connectivity index (χ2n) is 8.24. The molecule has 0 atom stereocenters. The molecule has 1 fully saturated rings. The number of benzene rings is 2. The van der Waals surface area contributed by atoms with Crippen LogP contribution < -0.4 is 5.32 Å². The molecular weight excluding hydrogens is 395 g/mol. The number of furan rings is 1. The molecule has 3 aromatic rings. The van der Waals surface area contributed by atoms with E-state index in [2.05, 4.69) is 5.32 Å². The molecule has 2 aliphatic rings. The number of anilines is 1. The van der Waals surface area contributed by atoms with Gasteiger partial charge in [0.05, 0.1) is 0 Å². The van der Waals surface area contributed by atoms with Crippen molar-refractivity contribution in [3.63, 3.8) is 0 Å². The highest BCUT2D eigenvalue weighted by atomic mass is 19.1. The van der Waals surface area contributed by atoms with E-state index < -0.39 is 0 Å². The summed E-state index contributed by atoms with van der Waals surface area (Å²) >= 11 is 0. The first-order chi connectivity index (χ1) is 15.1. The van der Waals surface area contributed by atoms with Crippen molar-refractivity contribution < 1.29 is 18.4 Å². The van der Waals surface area contributed by atoms with Gasteiger partial charge < -0.3 is 14.6 Å². The molecule has 158 valence electrons. The Labute approximate surface area is 179 Å². The standard InChI is InChI=1S/C25H23FN2O3/c26-20-8-4-17(5-9-20)24(29)27-21-10-6-16(7-11-21)23-14-19-15-28(13-12-22(19)31-23)25(30)18-2-1-3-18/h4-11,14,18H,1-3,12-13,15H2,(H,27,29). The first-order valence-corrected chi connectivity index (χ1v) is 10.6. The monoisotopic (exact) mass is 418 g/mol. The van der Waals surface area contributed by atoms with Gasteiger partial charge in [-0.25, -0.2) is 4.39 Å². The van der Waals surface area contributed by atoms with Crippen molar-refractivity contribution in [1.29, 1.82) is 0 Å². The lowest BCUT2D eigenvalue weighted by Gasteiger charge is -2.33. The van der Waals surface area contributed by atoms with E-state index in [1.165, 1.54) is 24.3 Å². The SMILES string of the molecule is O=C(Nc1ccc(-c2cc3c(o2)CCN(C(=O)C2CCC2)C3)cc1)c1ccc(F)cc1. The van der Waals surface area contributed by atoms with Crippen molar-refractivity contribution in [2.75, 3.05) is 11.9 Å². The molecule has 0 bridgehead atoms. The van der Waals surface area contributed by atoms with Crippen molar-refractivity contribution in [3.8, 4) is 11.3 Å². The van der Waals surface area contributed by atoms with E-state index in [-0.39, 0.29) is 23.5 Å². The number of halogens is 1. The highest BCUT2D eigenvalue weighted by molar-refractivity contribution is 6.04. The molecule has 0 unspecified atom stereocenters. The van der Waals surface area contributed by atoms with Crippen LogP contribution in [0.1, 0.15) is 40.9 Å². The van der Waals surface area contributed by atoms with E-state index in [9.17, 15) is 14.0 Å². The third kappa shape index (κ3) is 3.98. The van der Waals surface area contributed by atoms with Gasteiger partial charge in [-0.2, -0.15) is 0 Å². The number of fused-ring (bicyclic) bond motifs is 1. The fourth-order valence-electron chi connectivity index (χ4n) is 4.10. The number of rotatable bonds is 4. The van der Waals surface area contributed by atoms with Crippen LogP contribution in [0.4, 0.5) is 10.1 Å². The van der Waals surface area contributed by atoms with E-state index in [0.29, 0.717) is 24.3 Å². The number of nitrogens with zero attached hydrogens (tertiary/aromatic N) is 1. The van der Waals surface area contributed by atoms with Gasteiger partial charge in [-0.15, -0.1) is 0 Å². The molecule has 0 saturated heterocycles. The summed E-state index contributed by atoms with van der Waals surface area (Å²) < 4.78 is 19.1. The van der Waals surface area contributed by atoms with Gasteiger partial charge in [0.25, 0.3) is 5.91 Å². The van der Waals surface area contributed by atoms with Crippen LogP contribution in [-0.4, -0.2) is 23.3 Å². The Balaban J connectivity index is 1.26. The van der Waals surface area contributed by atoms with E-state index in [4.69, 9.17) is 4.42 Å². The lowest BCUT2D eigenvalue weighted by atomic mass is 9.84. The molecule has 31 heavy (non-hydrogen) atoms. The summed E-state index contributed by atoms with van der Waals surface area (Å²) in [5, 5.41) is 2.81. The maximum Gasteiger partial charge on any atom is 0.255 e. The highest BCUT2D eigenvalue weighted by Gasteiger charge is 2.32. The van der Waals surface area contributed by atoms with Crippen LogP contribution >= 0.6 is 0 Å². The van der Waals surface area contributed by atoms with Gasteiger partial charge in [0.1, 0.15) is 17.3 Å². The zero-order valence-corrected chi connectivity index (χ0v) is 17.1. The molecule has 5 nitrogen and oxygen atoms in total. The summed E-state index contributed by atoms with van der Waals surface area (Å²) in [6.07, 6.45) is 3.93. The molecule has 0 radical (unpaired) electrons. The van der Waals surface area contributed by atoms with Crippen LogP contribution in [0.15, 0.2) is 59.0 Å². The fraction of sp³-hybridized carbons (Fsp3) is 0.280. The predicted molar refractivity (Wildman–Crippen MR) is 115 cm³/mol. The quantitative estimate of drug-likeness (QED) is 0.647. The van der Waals surface area contributed by atoms with Crippen LogP contribution in [0.3, 0.4) is 0 Å². The van der Waals surface area contributed by atoms with Crippen LogP contribution in [0, 0.1) is 11.7 Å². The first kappa shape index (κ1) is 19.5. The van der Waals surface area contributed by atoms with Crippen molar-refractivity contribution in [2.24, 2.45) is 5.92 Å². The minimum absolute atomic E-state index is 0.214. The minimum Gasteiger partial charge on any atom is -0.461 e. The lowest BCUT2D eigenvalue weighted by Crippen LogP contribution is -2.41. The second kappa shape index (κ2) is 8.02. The van der Waals surface area contributed by atoms with Gasteiger partial charge >= 0.3 is 0 Å². The van der Waals surface area contributed by atoms with Gasteiger partial charge in [-0.05, 0) is 67.4 Å². The van der Waals surface area contributed by atoms with Crippen molar-refractivity contribution in [1.82, 2.24) is 4.90 Å². The molecule has 0 spiro atoms. The van der Waals surface area contributed by atoms with Gasteiger partial charge in [-0.3, -0.25) is 9.59 Å². The molecule has 1 saturated carbocycles. The minimum atomic E-state index is -0.377. The molecule has 2 aromatic carbocycles. The van der Waals surface area contributed by atoms with Crippen LogP contribution in [0.2, 0.25) is 0 Å². The Hall–Kier alpha value is -3.41. The zero-order valence-electron chi connectivity index (χ0n) is 17.1. The van der Waals surface area contributed by atoms with Crippen LogP contribution in [0.5, 0.6) is 0 Å². The van der Waals surface area contributed by atoms with Crippen molar-refractivity contribution in [2.45, 2.75) is 32.2 Å². The van der Waals surface area contributed by atoms with Gasteiger partial charge in [0, 0.05) is 47.8 Å². The first-order valence-electron chi connectivity index (χ1n) is 10.6. The molecule has 2 amide bonds. The summed E-state index contributed by atoms with van der Waals surface area (Å²) in [6, 6.07) is 14.8. The Morgan fingerprint density at radius 3 is 2.45 bits per heavy atom. The molecule has 2 heterocycles. The smallest absolute Gasteiger partial charge is 0.255 e.